The number of hydrogen-bond acceptors (Lipinski definition) is 7. The number of hydrogen-bond donors (Lipinski definition) is 2. The average molecular weight is 574 g/mol. The molecule has 0 bridgehead atoms. The van der Waals surface area contributed by atoms with Gasteiger partial charge in [-0.1, -0.05) is 79.7 Å². The van der Waals surface area contributed by atoms with Crippen molar-refractivity contribution in [3.05, 3.63) is 102 Å². The summed E-state index contributed by atoms with van der Waals surface area (Å²) in [5, 5.41) is 15.3. The highest BCUT2D eigenvalue weighted by molar-refractivity contribution is 5.85. The maximum atomic E-state index is 13.7. The Balaban J connectivity index is 1.26. The van der Waals surface area contributed by atoms with Crippen LogP contribution in [0.4, 0.5) is 0 Å². The minimum Gasteiger partial charge on any atom is -0.494 e. The van der Waals surface area contributed by atoms with E-state index >= 15 is 0 Å². The van der Waals surface area contributed by atoms with Crippen molar-refractivity contribution in [2.75, 3.05) is 39.5 Å². The molecular weight excluding hydrogens is 530 g/mol. The van der Waals surface area contributed by atoms with Crippen LogP contribution < -0.4 is 10.1 Å². The molecule has 0 spiro atoms. The molecule has 5 rings (SSSR count). The largest absolute Gasteiger partial charge is 0.494 e. The molecule has 0 saturated carbocycles. The van der Waals surface area contributed by atoms with Gasteiger partial charge in [-0.15, -0.1) is 0 Å². The number of piperidine rings is 1. The summed E-state index contributed by atoms with van der Waals surface area (Å²) in [5.74, 6) is 0.489. The lowest BCUT2D eigenvalue weighted by Gasteiger charge is -2.38. The van der Waals surface area contributed by atoms with E-state index in [1.807, 2.05) is 48.5 Å². The van der Waals surface area contributed by atoms with Crippen molar-refractivity contribution in [1.29, 1.82) is 0 Å². The monoisotopic (exact) mass is 573 g/mol. The number of benzene rings is 3. The summed E-state index contributed by atoms with van der Waals surface area (Å²) in [6.07, 6.45) is 4.18. The number of esters is 1. The molecule has 2 heterocycles. The second-order valence-electron chi connectivity index (χ2n) is 11.5. The van der Waals surface area contributed by atoms with Gasteiger partial charge in [-0.25, -0.2) is 4.79 Å². The Morgan fingerprint density at radius 2 is 1.62 bits per heavy atom. The van der Waals surface area contributed by atoms with E-state index in [0.717, 1.165) is 56.5 Å². The van der Waals surface area contributed by atoms with Crippen molar-refractivity contribution < 1.29 is 28.8 Å². The third-order valence-corrected chi connectivity index (χ3v) is 8.64. The maximum Gasteiger partial charge on any atom is 0.347 e. The first-order chi connectivity index (χ1) is 20.5. The average Bonchev–Trinajstić information content (AvgIpc) is 3.58. The third-order valence-electron chi connectivity index (χ3n) is 8.64. The van der Waals surface area contributed by atoms with Crippen LogP contribution in [0.25, 0.3) is 0 Å². The van der Waals surface area contributed by atoms with Crippen LogP contribution in [0.3, 0.4) is 0 Å². The summed E-state index contributed by atoms with van der Waals surface area (Å²) in [6, 6.07) is 26.3. The van der Waals surface area contributed by atoms with Gasteiger partial charge in [-0.3, -0.25) is 0 Å². The minimum atomic E-state index is -1.89. The third kappa shape index (κ3) is 7.21. The molecule has 0 radical (unpaired) electrons. The van der Waals surface area contributed by atoms with Gasteiger partial charge in [0, 0.05) is 11.3 Å². The van der Waals surface area contributed by atoms with Gasteiger partial charge in [0.25, 0.3) is 0 Å². The molecular formula is C35H43NO6. The van der Waals surface area contributed by atoms with Gasteiger partial charge in [0.2, 0.25) is 5.60 Å². The van der Waals surface area contributed by atoms with Crippen LogP contribution in [0.1, 0.15) is 49.3 Å². The Morgan fingerprint density at radius 1 is 0.976 bits per heavy atom. The lowest BCUT2D eigenvalue weighted by Crippen LogP contribution is -2.45. The summed E-state index contributed by atoms with van der Waals surface area (Å²) in [4.78, 5) is 13.7. The van der Waals surface area contributed by atoms with Crippen LogP contribution in [0.5, 0.6) is 5.75 Å². The minimum absolute atomic E-state index is 0.131. The standard InChI is InChI=1S/C35H43NO6/c1-2-28(32-40-22-23-41-32)16-21-39-31-15-9-10-27(24-31)25-34(17-19-36-20-18-34)26-42-33(37)35(38,29-11-5-3-6-12-29)30-13-7-4-8-14-30/h3-15,24,28,32,36,38H,2,16-23,25-26H2,1H3. The van der Waals surface area contributed by atoms with Crippen LogP contribution in [0.2, 0.25) is 0 Å². The van der Waals surface area contributed by atoms with E-state index in [-0.39, 0.29) is 18.3 Å². The van der Waals surface area contributed by atoms with Gasteiger partial charge in [-0.2, -0.15) is 0 Å². The number of carbonyl (C=O) groups excluding carboxylic acids is 1. The van der Waals surface area contributed by atoms with Gasteiger partial charge in [0.15, 0.2) is 6.29 Å². The second-order valence-corrected chi connectivity index (χ2v) is 11.5. The first-order valence-corrected chi connectivity index (χ1v) is 15.2. The number of carbonyl (C=O) groups is 1. The highest BCUT2D eigenvalue weighted by Gasteiger charge is 2.43. The first-order valence-electron chi connectivity index (χ1n) is 15.2. The van der Waals surface area contributed by atoms with E-state index in [9.17, 15) is 9.90 Å². The molecule has 1 unspecified atom stereocenters. The maximum absolute atomic E-state index is 13.7. The van der Waals surface area contributed by atoms with Crippen LogP contribution in [-0.4, -0.2) is 56.9 Å². The summed E-state index contributed by atoms with van der Waals surface area (Å²) in [6.45, 7) is 5.98. The van der Waals surface area contributed by atoms with E-state index in [0.29, 0.717) is 36.9 Å². The molecule has 0 aliphatic carbocycles. The van der Waals surface area contributed by atoms with E-state index < -0.39 is 11.6 Å². The summed E-state index contributed by atoms with van der Waals surface area (Å²) >= 11 is 0. The van der Waals surface area contributed by atoms with Crippen molar-refractivity contribution in [3.63, 3.8) is 0 Å². The fraction of sp³-hybridized carbons (Fsp3) is 0.457. The highest BCUT2D eigenvalue weighted by atomic mass is 16.7. The molecule has 1 atom stereocenters. The zero-order chi connectivity index (χ0) is 29.3. The molecule has 224 valence electrons. The number of nitrogens with one attached hydrogen (secondary N) is 1. The van der Waals surface area contributed by atoms with Gasteiger partial charge in [0.05, 0.1) is 26.4 Å². The Morgan fingerprint density at radius 3 is 2.24 bits per heavy atom. The van der Waals surface area contributed by atoms with Crippen LogP contribution in [0, 0.1) is 11.3 Å². The zero-order valence-electron chi connectivity index (χ0n) is 24.5. The van der Waals surface area contributed by atoms with Crippen LogP contribution >= 0.6 is 0 Å². The van der Waals surface area contributed by atoms with Crippen molar-refractivity contribution in [2.45, 2.75) is 50.9 Å². The molecule has 3 aromatic rings. The fourth-order valence-electron chi connectivity index (χ4n) is 6.10. The molecule has 7 nitrogen and oxygen atoms in total. The Labute approximate surface area is 249 Å². The Hall–Kier alpha value is -3.23. The van der Waals surface area contributed by atoms with Crippen LogP contribution in [0.15, 0.2) is 84.9 Å². The first kappa shape index (κ1) is 30.2. The van der Waals surface area contributed by atoms with Gasteiger partial charge in [-0.05, 0) is 74.0 Å². The topological polar surface area (TPSA) is 86.3 Å². The SMILES string of the molecule is CCC(CCOc1cccc(CC2(COC(=O)C(O)(c3ccccc3)c3ccccc3)CCNCC2)c1)C1OCCO1. The predicted octanol–water partition coefficient (Wildman–Crippen LogP) is 5.25. The van der Waals surface area contributed by atoms with E-state index in [1.165, 1.54) is 0 Å². The lowest BCUT2D eigenvalue weighted by molar-refractivity contribution is -0.166. The van der Waals surface area contributed by atoms with E-state index in [1.54, 1.807) is 24.3 Å². The molecule has 2 aliphatic rings. The molecule has 0 aromatic heterocycles. The normalized spacial score (nSPS) is 18.0. The molecule has 2 saturated heterocycles. The van der Waals surface area contributed by atoms with Crippen molar-refractivity contribution in [2.24, 2.45) is 11.3 Å². The molecule has 0 amide bonds. The molecule has 7 heteroatoms. The van der Waals surface area contributed by atoms with Gasteiger partial charge < -0.3 is 29.4 Å². The molecule has 2 N–H and O–H groups in total. The Kier molecular flexibility index (Phi) is 10.3. The Bertz CT molecular complexity index is 1220. The number of ether oxygens (including phenoxy) is 4. The molecule has 2 aliphatic heterocycles. The number of rotatable bonds is 13. The van der Waals surface area contributed by atoms with Crippen molar-refractivity contribution in [1.82, 2.24) is 5.32 Å². The van der Waals surface area contributed by atoms with Gasteiger partial charge >= 0.3 is 5.97 Å². The zero-order valence-corrected chi connectivity index (χ0v) is 24.5. The predicted molar refractivity (Wildman–Crippen MR) is 161 cm³/mol. The van der Waals surface area contributed by atoms with Gasteiger partial charge in [0.1, 0.15) is 5.75 Å². The fourth-order valence-corrected chi connectivity index (χ4v) is 6.10. The van der Waals surface area contributed by atoms with Crippen molar-refractivity contribution >= 4 is 5.97 Å². The highest BCUT2D eigenvalue weighted by Crippen LogP contribution is 2.37. The summed E-state index contributed by atoms with van der Waals surface area (Å²) in [7, 11) is 0. The molecule has 42 heavy (non-hydrogen) atoms. The number of aliphatic hydroxyl groups is 1. The molecule has 3 aromatic carbocycles. The van der Waals surface area contributed by atoms with Crippen LogP contribution in [-0.2, 0) is 31.0 Å². The lowest BCUT2D eigenvalue weighted by atomic mass is 9.74. The summed E-state index contributed by atoms with van der Waals surface area (Å²) < 4.78 is 23.6. The quantitative estimate of drug-likeness (QED) is 0.270. The van der Waals surface area contributed by atoms with E-state index in [4.69, 9.17) is 18.9 Å². The van der Waals surface area contributed by atoms with E-state index in [2.05, 4.69) is 24.4 Å². The second kappa shape index (κ2) is 14.3. The van der Waals surface area contributed by atoms with Crippen molar-refractivity contribution in [3.8, 4) is 5.75 Å². The molecule has 2 fully saturated rings. The smallest absolute Gasteiger partial charge is 0.347 e. The summed E-state index contributed by atoms with van der Waals surface area (Å²) in [5.41, 5.74) is -0.0296.